The van der Waals surface area contributed by atoms with E-state index >= 15 is 0 Å². The third-order valence-corrected chi connectivity index (χ3v) is 4.20. The number of likely N-dealkylation sites (tertiary alicyclic amines) is 1. The molecule has 23 heavy (non-hydrogen) atoms. The smallest absolute Gasteiger partial charge is 0.224 e. The number of carbonyl (C=O) groups is 1. The summed E-state index contributed by atoms with van der Waals surface area (Å²) in [6.45, 7) is 7.81. The van der Waals surface area contributed by atoms with Gasteiger partial charge >= 0.3 is 0 Å². The van der Waals surface area contributed by atoms with Gasteiger partial charge in [0.2, 0.25) is 5.91 Å². The molecule has 1 saturated carbocycles. The molecule has 0 aromatic heterocycles. The monoisotopic (exact) mass is 324 g/mol. The van der Waals surface area contributed by atoms with E-state index in [0.29, 0.717) is 13.0 Å². The molecule has 132 valence electrons. The zero-order valence-electron chi connectivity index (χ0n) is 14.5. The van der Waals surface area contributed by atoms with Crippen LogP contribution in [-0.4, -0.2) is 62.7 Å². The molecule has 0 unspecified atom stereocenters. The van der Waals surface area contributed by atoms with E-state index in [9.17, 15) is 4.79 Å². The first-order chi connectivity index (χ1) is 11.3. The number of rotatable bonds is 10. The number of nitrogens with one attached hydrogen (secondary N) is 2. The van der Waals surface area contributed by atoms with E-state index in [1.165, 1.54) is 12.8 Å². The lowest BCUT2D eigenvalue weighted by atomic mass is 10.3. The molecule has 2 fully saturated rings. The molecule has 0 aromatic carbocycles. The van der Waals surface area contributed by atoms with Crippen LogP contribution in [0.15, 0.2) is 4.99 Å². The number of nitrogens with zero attached hydrogens (tertiary/aromatic N) is 2. The van der Waals surface area contributed by atoms with E-state index in [1.54, 1.807) is 0 Å². The zero-order valence-corrected chi connectivity index (χ0v) is 14.5. The Balaban J connectivity index is 1.55. The number of hydrogen-bond acceptors (Lipinski definition) is 3. The minimum Gasteiger partial charge on any atom is -0.381 e. The van der Waals surface area contributed by atoms with Gasteiger partial charge in [-0.3, -0.25) is 9.79 Å². The number of ether oxygens (including phenoxy) is 1. The molecule has 1 saturated heterocycles. The predicted octanol–water partition coefficient (Wildman–Crippen LogP) is 1.37. The molecule has 2 aliphatic rings. The van der Waals surface area contributed by atoms with E-state index in [-0.39, 0.29) is 5.91 Å². The SMILES string of the molecule is CCNC(=NCCCOCC1CC1)NCCC(=O)N1CCCC1. The molecule has 1 heterocycles. The van der Waals surface area contributed by atoms with Crippen molar-refractivity contribution in [1.82, 2.24) is 15.5 Å². The Morgan fingerprint density at radius 3 is 2.74 bits per heavy atom. The van der Waals surface area contributed by atoms with Crippen LogP contribution in [0.25, 0.3) is 0 Å². The molecule has 6 heteroatoms. The number of aliphatic imine (C=N–C) groups is 1. The summed E-state index contributed by atoms with van der Waals surface area (Å²) >= 11 is 0. The van der Waals surface area contributed by atoms with Gasteiger partial charge < -0.3 is 20.3 Å². The van der Waals surface area contributed by atoms with Crippen LogP contribution in [-0.2, 0) is 9.53 Å². The molecule has 0 bridgehead atoms. The van der Waals surface area contributed by atoms with Gasteiger partial charge in [0.15, 0.2) is 5.96 Å². The molecule has 0 radical (unpaired) electrons. The average molecular weight is 324 g/mol. The highest BCUT2D eigenvalue weighted by atomic mass is 16.5. The molecule has 1 aliphatic carbocycles. The number of carbonyl (C=O) groups excluding carboxylic acids is 1. The maximum atomic E-state index is 12.0. The highest BCUT2D eigenvalue weighted by Gasteiger charge is 2.20. The Bertz CT molecular complexity index is 377. The molecule has 6 nitrogen and oxygen atoms in total. The van der Waals surface area contributed by atoms with E-state index in [0.717, 1.165) is 70.5 Å². The number of hydrogen-bond donors (Lipinski definition) is 2. The van der Waals surface area contributed by atoms with Crippen LogP contribution < -0.4 is 10.6 Å². The van der Waals surface area contributed by atoms with Gasteiger partial charge in [0.05, 0.1) is 0 Å². The third kappa shape index (κ3) is 7.68. The summed E-state index contributed by atoms with van der Waals surface area (Å²) in [5.74, 6) is 1.87. The predicted molar refractivity (Wildman–Crippen MR) is 92.6 cm³/mol. The fraction of sp³-hybridized carbons (Fsp3) is 0.882. The van der Waals surface area contributed by atoms with Crippen molar-refractivity contribution in [2.75, 3.05) is 45.9 Å². The summed E-state index contributed by atoms with van der Waals surface area (Å²) in [7, 11) is 0. The van der Waals surface area contributed by atoms with Crippen molar-refractivity contribution < 1.29 is 9.53 Å². The summed E-state index contributed by atoms with van der Waals surface area (Å²) in [5, 5.41) is 6.46. The van der Waals surface area contributed by atoms with E-state index in [1.807, 2.05) is 11.8 Å². The lowest BCUT2D eigenvalue weighted by molar-refractivity contribution is -0.129. The average Bonchev–Trinajstić information content (AvgIpc) is 3.20. The van der Waals surface area contributed by atoms with Crippen molar-refractivity contribution >= 4 is 11.9 Å². The summed E-state index contributed by atoms with van der Waals surface area (Å²) in [5.41, 5.74) is 0. The molecule has 0 atom stereocenters. The zero-order chi connectivity index (χ0) is 16.3. The van der Waals surface area contributed by atoms with Crippen LogP contribution in [0, 0.1) is 5.92 Å². The Morgan fingerprint density at radius 2 is 2.04 bits per heavy atom. The molecule has 1 amide bonds. The van der Waals surface area contributed by atoms with Gasteiger partial charge in [-0.15, -0.1) is 0 Å². The van der Waals surface area contributed by atoms with Crippen LogP contribution in [0.1, 0.15) is 45.4 Å². The third-order valence-electron chi connectivity index (χ3n) is 4.20. The summed E-state index contributed by atoms with van der Waals surface area (Å²) < 4.78 is 5.61. The summed E-state index contributed by atoms with van der Waals surface area (Å²) in [6.07, 6.45) is 6.44. The molecular weight excluding hydrogens is 292 g/mol. The lowest BCUT2D eigenvalue weighted by Crippen LogP contribution is -2.39. The first kappa shape index (κ1) is 18.0. The first-order valence-electron chi connectivity index (χ1n) is 9.17. The van der Waals surface area contributed by atoms with Gasteiger partial charge in [0.25, 0.3) is 0 Å². The summed E-state index contributed by atoms with van der Waals surface area (Å²) in [6, 6.07) is 0. The van der Waals surface area contributed by atoms with Crippen molar-refractivity contribution in [3.8, 4) is 0 Å². The van der Waals surface area contributed by atoms with Crippen LogP contribution >= 0.6 is 0 Å². The standard InChI is InChI=1S/C17H32N4O2/c1-2-18-17(19-9-5-13-23-14-15-6-7-15)20-10-8-16(22)21-11-3-4-12-21/h15H,2-14H2,1H3,(H2,18,19,20). The van der Waals surface area contributed by atoms with Gasteiger partial charge in [0.1, 0.15) is 0 Å². The minimum absolute atomic E-state index is 0.249. The van der Waals surface area contributed by atoms with Crippen LogP contribution in [0.5, 0.6) is 0 Å². The fourth-order valence-electron chi connectivity index (χ4n) is 2.65. The minimum atomic E-state index is 0.249. The van der Waals surface area contributed by atoms with Crippen molar-refractivity contribution in [1.29, 1.82) is 0 Å². The quantitative estimate of drug-likeness (QED) is 0.362. The molecule has 2 rings (SSSR count). The Morgan fingerprint density at radius 1 is 1.26 bits per heavy atom. The molecule has 0 spiro atoms. The Labute approximate surface area is 140 Å². The van der Waals surface area contributed by atoms with Crippen LogP contribution in [0.4, 0.5) is 0 Å². The Kier molecular flexibility index (Phi) is 8.21. The van der Waals surface area contributed by atoms with Gasteiger partial charge in [-0.05, 0) is 44.9 Å². The first-order valence-corrected chi connectivity index (χ1v) is 9.17. The van der Waals surface area contributed by atoms with Gasteiger partial charge in [0, 0.05) is 52.4 Å². The number of guanidine groups is 1. The normalized spacial score (nSPS) is 18.3. The maximum Gasteiger partial charge on any atom is 0.224 e. The Hall–Kier alpha value is -1.30. The molecule has 1 aliphatic heterocycles. The van der Waals surface area contributed by atoms with Crippen LogP contribution in [0.2, 0.25) is 0 Å². The molecule has 0 aromatic rings. The number of amides is 1. The maximum absolute atomic E-state index is 12.0. The van der Waals surface area contributed by atoms with Crippen molar-refractivity contribution in [2.24, 2.45) is 10.9 Å². The topological polar surface area (TPSA) is 66.0 Å². The fourth-order valence-corrected chi connectivity index (χ4v) is 2.65. The van der Waals surface area contributed by atoms with Gasteiger partial charge in [-0.25, -0.2) is 0 Å². The van der Waals surface area contributed by atoms with Gasteiger partial charge in [-0.2, -0.15) is 0 Å². The highest BCUT2D eigenvalue weighted by molar-refractivity contribution is 5.81. The largest absolute Gasteiger partial charge is 0.381 e. The van der Waals surface area contributed by atoms with E-state index in [2.05, 4.69) is 15.6 Å². The van der Waals surface area contributed by atoms with Crippen molar-refractivity contribution in [2.45, 2.75) is 45.4 Å². The second kappa shape index (κ2) is 10.5. The highest BCUT2D eigenvalue weighted by Crippen LogP contribution is 2.28. The lowest BCUT2D eigenvalue weighted by Gasteiger charge is -2.16. The summed E-state index contributed by atoms with van der Waals surface area (Å²) in [4.78, 5) is 18.5. The van der Waals surface area contributed by atoms with Crippen molar-refractivity contribution in [3.63, 3.8) is 0 Å². The second-order valence-electron chi connectivity index (χ2n) is 6.40. The van der Waals surface area contributed by atoms with E-state index < -0.39 is 0 Å². The second-order valence-corrected chi connectivity index (χ2v) is 6.40. The molecule has 2 N–H and O–H groups in total. The van der Waals surface area contributed by atoms with Crippen molar-refractivity contribution in [3.05, 3.63) is 0 Å². The van der Waals surface area contributed by atoms with E-state index in [4.69, 9.17) is 4.74 Å². The van der Waals surface area contributed by atoms with Gasteiger partial charge in [-0.1, -0.05) is 0 Å². The molecular formula is C17H32N4O2. The van der Waals surface area contributed by atoms with Crippen LogP contribution in [0.3, 0.4) is 0 Å².